The Labute approximate surface area is 164 Å². The highest BCUT2D eigenvalue weighted by molar-refractivity contribution is 6.08. The summed E-state index contributed by atoms with van der Waals surface area (Å²) < 4.78 is 5.11. The van der Waals surface area contributed by atoms with E-state index in [0.29, 0.717) is 28.9 Å². The molecule has 0 aliphatic carbocycles. The zero-order valence-electron chi connectivity index (χ0n) is 16.9. The number of hydrogen-bond acceptors (Lipinski definition) is 6. The molecule has 0 radical (unpaired) electrons. The molecule has 28 heavy (non-hydrogen) atoms. The van der Waals surface area contributed by atoms with E-state index in [0.717, 1.165) is 5.56 Å². The van der Waals surface area contributed by atoms with Gasteiger partial charge in [-0.2, -0.15) is 0 Å². The van der Waals surface area contributed by atoms with Gasteiger partial charge in [0.2, 0.25) is 11.5 Å². The number of amides is 2. The van der Waals surface area contributed by atoms with Gasteiger partial charge in [0.1, 0.15) is 0 Å². The van der Waals surface area contributed by atoms with Gasteiger partial charge >= 0.3 is 0 Å². The van der Waals surface area contributed by atoms with Gasteiger partial charge in [0.15, 0.2) is 11.3 Å². The van der Waals surface area contributed by atoms with Crippen molar-refractivity contribution in [1.82, 2.24) is 15.5 Å². The average molecular weight is 385 g/mol. The van der Waals surface area contributed by atoms with E-state index in [2.05, 4.69) is 20.8 Å². The first-order valence-corrected chi connectivity index (χ1v) is 9.19. The Morgan fingerprint density at radius 1 is 1.14 bits per heavy atom. The van der Waals surface area contributed by atoms with E-state index in [4.69, 9.17) is 10.3 Å². The molecule has 8 nitrogen and oxygen atoms in total. The summed E-state index contributed by atoms with van der Waals surface area (Å²) in [5, 5.41) is 9.08. The summed E-state index contributed by atoms with van der Waals surface area (Å²) in [5.41, 5.74) is 8.07. The second kappa shape index (κ2) is 11.3. The molecule has 2 heterocycles. The Hall–Kier alpha value is -3.42. The van der Waals surface area contributed by atoms with E-state index in [1.165, 1.54) is 13.1 Å². The van der Waals surface area contributed by atoms with E-state index in [9.17, 15) is 9.59 Å². The minimum atomic E-state index is -0.317. The van der Waals surface area contributed by atoms with Gasteiger partial charge < -0.3 is 20.9 Å². The molecule has 0 saturated heterocycles. The van der Waals surface area contributed by atoms with Crippen molar-refractivity contribution in [3.63, 3.8) is 0 Å². The van der Waals surface area contributed by atoms with E-state index in [-0.39, 0.29) is 17.6 Å². The van der Waals surface area contributed by atoms with Crippen LogP contribution in [0, 0.1) is 0 Å². The number of fused-ring (bicyclic) bond motifs is 1. The van der Waals surface area contributed by atoms with Gasteiger partial charge in [0.25, 0.3) is 5.91 Å². The minimum absolute atomic E-state index is 0.132. The molecule has 0 aliphatic heterocycles. The summed E-state index contributed by atoms with van der Waals surface area (Å²) in [6.07, 6.45) is 1.51. The first kappa shape index (κ1) is 22.6. The van der Waals surface area contributed by atoms with Crippen LogP contribution in [0.3, 0.4) is 0 Å². The van der Waals surface area contributed by atoms with Crippen LogP contribution in [0.15, 0.2) is 41.1 Å². The van der Waals surface area contributed by atoms with E-state index >= 15 is 0 Å². The predicted molar refractivity (Wildman–Crippen MR) is 111 cm³/mol. The standard InChI is InChI=1S/C16H15N5O3.2C2H6/c1-9(22)19-8-10-3-2-4-11(7-10)16(23)20-12-5-6-18-13-14(12)24-21-15(13)17;2*1-2/h2-7H,8H2,1H3,(H2,17,21)(H,19,22)(H,18,20,23);2*1-2H3. The molecule has 8 heteroatoms. The fourth-order valence-electron chi connectivity index (χ4n) is 2.20. The zero-order chi connectivity index (χ0) is 21.1. The molecule has 0 aliphatic rings. The number of benzene rings is 1. The van der Waals surface area contributed by atoms with E-state index in [1.807, 2.05) is 33.8 Å². The normalized spacial score (nSPS) is 9.46. The molecule has 150 valence electrons. The van der Waals surface area contributed by atoms with Crippen LogP contribution in [0.25, 0.3) is 11.1 Å². The molecule has 3 aromatic rings. The van der Waals surface area contributed by atoms with Crippen molar-refractivity contribution >= 4 is 34.4 Å². The highest BCUT2D eigenvalue weighted by Crippen LogP contribution is 2.25. The Morgan fingerprint density at radius 2 is 1.86 bits per heavy atom. The van der Waals surface area contributed by atoms with Crippen LogP contribution in [0.2, 0.25) is 0 Å². The van der Waals surface area contributed by atoms with Crippen molar-refractivity contribution in [2.45, 2.75) is 41.2 Å². The van der Waals surface area contributed by atoms with Crippen molar-refractivity contribution in [1.29, 1.82) is 0 Å². The number of anilines is 2. The fraction of sp³-hybridized carbons (Fsp3) is 0.300. The molecule has 4 N–H and O–H groups in total. The minimum Gasteiger partial charge on any atom is -0.379 e. The monoisotopic (exact) mass is 385 g/mol. The van der Waals surface area contributed by atoms with Crippen molar-refractivity contribution in [3.05, 3.63) is 47.7 Å². The summed E-state index contributed by atoms with van der Waals surface area (Å²) in [5.74, 6) is -0.285. The molecule has 0 spiro atoms. The van der Waals surface area contributed by atoms with Crippen LogP contribution in [0.1, 0.15) is 50.5 Å². The molecule has 2 aromatic heterocycles. The fourth-order valence-corrected chi connectivity index (χ4v) is 2.20. The Balaban J connectivity index is 0.000000921. The van der Waals surface area contributed by atoms with Crippen molar-refractivity contribution in [3.8, 4) is 0 Å². The topological polar surface area (TPSA) is 123 Å². The molecular weight excluding hydrogens is 358 g/mol. The third kappa shape index (κ3) is 5.80. The molecule has 0 atom stereocenters. The first-order valence-electron chi connectivity index (χ1n) is 9.19. The van der Waals surface area contributed by atoms with Gasteiger partial charge in [-0.25, -0.2) is 4.98 Å². The van der Waals surface area contributed by atoms with Gasteiger partial charge in [0.05, 0.1) is 5.69 Å². The molecular formula is C20H27N5O3. The molecule has 0 fully saturated rings. The summed E-state index contributed by atoms with van der Waals surface area (Å²) >= 11 is 0. The van der Waals surface area contributed by atoms with Crippen LogP contribution in [0.5, 0.6) is 0 Å². The third-order valence-corrected chi connectivity index (χ3v) is 3.36. The van der Waals surface area contributed by atoms with Gasteiger partial charge in [0, 0.05) is 25.2 Å². The number of rotatable bonds is 4. The van der Waals surface area contributed by atoms with Crippen molar-refractivity contribution in [2.24, 2.45) is 0 Å². The number of nitrogen functional groups attached to an aromatic ring is 1. The Kier molecular flexibility index (Phi) is 9.15. The number of carbonyl (C=O) groups is 2. The number of nitrogens with one attached hydrogen (secondary N) is 2. The molecule has 0 unspecified atom stereocenters. The number of aromatic nitrogens is 2. The average Bonchev–Trinajstić information content (AvgIpc) is 3.12. The Morgan fingerprint density at radius 3 is 2.54 bits per heavy atom. The summed E-state index contributed by atoms with van der Waals surface area (Å²) in [4.78, 5) is 27.5. The maximum absolute atomic E-state index is 12.4. The summed E-state index contributed by atoms with van der Waals surface area (Å²) in [6.45, 7) is 9.79. The van der Waals surface area contributed by atoms with Crippen LogP contribution >= 0.6 is 0 Å². The number of nitrogens with two attached hydrogens (primary N) is 1. The maximum Gasteiger partial charge on any atom is 0.255 e. The van der Waals surface area contributed by atoms with Gasteiger partial charge in [-0.1, -0.05) is 45.0 Å². The maximum atomic E-state index is 12.4. The van der Waals surface area contributed by atoms with Crippen molar-refractivity contribution < 1.29 is 14.1 Å². The second-order valence-electron chi connectivity index (χ2n) is 5.17. The number of nitrogens with zero attached hydrogens (tertiary/aromatic N) is 2. The molecule has 1 aromatic carbocycles. The molecule has 0 saturated carbocycles. The largest absolute Gasteiger partial charge is 0.379 e. The third-order valence-electron chi connectivity index (χ3n) is 3.36. The molecule has 2 amide bonds. The van der Waals surface area contributed by atoms with Crippen LogP contribution in [-0.4, -0.2) is 22.0 Å². The van der Waals surface area contributed by atoms with Gasteiger partial charge in [-0.15, -0.1) is 0 Å². The number of pyridine rings is 1. The summed E-state index contributed by atoms with van der Waals surface area (Å²) in [6, 6.07) is 8.57. The lowest BCUT2D eigenvalue weighted by molar-refractivity contribution is -0.119. The van der Waals surface area contributed by atoms with Crippen LogP contribution < -0.4 is 16.4 Å². The van der Waals surface area contributed by atoms with Crippen LogP contribution in [0.4, 0.5) is 11.5 Å². The number of hydrogen-bond donors (Lipinski definition) is 3. The van der Waals surface area contributed by atoms with Crippen molar-refractivity contribution in [2.75, 3.05) is 11.1 Å². The quantitative estimate of drug-likeness (QED) is 0.628. The SMILES string of the molecule is CC.CC.CC(=O)NCc1cccc(C(=O)Nc2ccnc3c(N)noc23)c1. The second-order valence-corrected chi connectivity index (χ2v) is 5.17. The smallest absolute Gasteiger partial charge is 0.255 e. The zero-order valence-corrected chi connectivity index (χ0v) is 16.9. The lowest BCUT2D eigenvalue weighted by Gasteiger charge is -2.07. The van der Waals surface area contributed by atoms with Crippen LogP contribution in [-0.2, 0) is 11.3 Å². The molecule has 3 rings (SSSR count). The Bertz CT molecular complexity index is 921. The first-order chi connectivity index (χ1) is 13.5. The number of carbonyl (C=O) groups excluding carboxylic acids is 2. The molecule has 0 bridgehead atoms. The van der Waals surface area contributed by atoms with E-state index in [1.54, 1.807) is 24.3 Å². The highest BCUT2D eigenvalue weighted by Gasteiger charge is 2.14. The van der Waals surface area contributed by atoms with Gasteiger partial charge in [-0.3, -0.25) is 9.59 Å². The lowest BCUT2D eigenvalue weighted by atomic mass is 10.1. The predicted octanol–water partition coefficient (Wildman–Crippen LogP) is 3.75. The van der Waals surface area contributed by atoms with Gasteiger partial charge in [-0.05, 0) is 23.8 Å². The highest BCUT2D eigenvalue weighted by atomic mass is 16.5. The summed E-state index contributed by atoms with van der Waals surface area (Å²) in [7, 11) is 0. The van der Waals surface area contributed by atoms with E-state index < -0.39 is 0 Å². The lowest BCUT2D eigenvalue weighted by Crippen LogP contribution is -2.19.